The first kappa shape index (κ1) is 17.8. The molecule has 1 saturated heterocycles. The lowest BCUT2D eigenvalue weighted by atomic mass is 9.97. The maximum atomic E-state index is 12.4. The zero-order chi connectivity index (χ0) is 16.8. The molecule has 0 aromatic heterocycles. The van der Waals surface area contributed by atoms with Crippen molar-refractivity contribution >= 4 is 29.2 Å². The number of rotatable bonds is 5. The Bertz CT molecular complexity index is 565. The maximum Gasteiger partial charge on any atom is 0.314 e. The fraction of sp³-hybridized carbons (Fsp3) is 0.529. The predicted octanol–water partition coefficient (Wildman–Crippen LogP) is 1.52. The number of esters is 1. The molecule has 1 amide bonds. The summed E-state index contributed by atoms with van der Waals surface area (Å²) in [7, 11) is 0. The third kappa shape index (κ3) is 4.94. The minimum atomic E-state index is -0.230. The largest absolute Gasteiger partial charge is 0.466 e. The zero-order valence-corrected chi connectivity index (χ0v) is 14.4. The number of carbonyl (C=O) groups excluding carboxylic acids is 2. The molecule has 1 aromatic carbocycles. The average molecular weight is 340 g/mol. The summed E-state index contributed by atoms with van der Waals surface area (Å²) >= 11 is 5.93. The molecule has 1 heterocycles. The third-order valence-electron chi connectivity index (χ3n) is 4.28. The van der Waals surface area contributed by atoms with Gasteiger partial charge in [-0.05, 0) is 44.9 Å². The minimum absolute atomic E-state index is 0.0632. The van der Waals surface area contributed by atoms with Crippen LogP contribution in [0.2, 0.25) is 5.02 Å². The predicted molar refractivity (Wildman–Crippen MR) is 89.6 cm³/mol. The number of halogens is 1. The Morgan fingerprint density at radius 2 is 2.26 bits per heavy atom. The van der Waals surface area contributed by atoms with E-state index in [1.807, 2.05) is 19.9 Å². The fourth-order valence-corrected chi connectivity index (χ4v) is 3.14. The first-order chi connectivity index (χ1) is 11.0. The van der Waals surface area contributed by atoms with Crippen molar-refractivity contribution < 1.29 is 19.2 Å². The van der Waals surface area contributed by atoms with Crippen LogP contribution in [0.4, 0.5) is 5.69 Å². The lowest BCUT2D eigenvalue weighted by Crippen LogP contribution is -3.18. The van der Waals surface area contributed by atoms with E-state index in [9.17, 15) is 9.59 Å². The van der Waals surface area contributed by atoms with Crippen LogP contribution in [0.1, 0.15) is 26.7 Å². The average Bonchev–Trinajstić information content (AvgIpc) is 2.54. The quantitative estimate of drug-likeness (QED) is 0.800. The van der Waals surface area contributed by atoms with Gasteiger partial charge in [-0.3, -0.25) is 9.59 Å². The number of nitrogens with one attached hydrogen (secondary N) is 2. The highest BCUT2D eigenvalue weighted by atomic mass is 35.5. The first-order valence-corrected chi connectivity index (χ1v) is 8.46. The summed E-state index contributed by atoms with van der Waals surface area (Å²) in [6.07, 6.45) is 1.76. The normalized spacial score (nSPS) is 22.2. The van der Waals surface area contributed by atoms with Crippen molar-refractivity contribution in [1.82, 2.24) is 0 Å². The number of hydrogen-bond acceptors (Lipinski definition) is 3. The molecule has 1 unspecified atom stereocenters. The molecule has 2 N–H and O–H groups in total. The number of hydrogen-bond donors (Lipinski definition) is 2. The topological polar surface area (TPSA) is 59.8 Å². The Balaban J connectivity index is 1.94. The van der Waals surface area contributed by atoms with Gasteiger partial charge in [0, 0.05) is 10.7 Å². The van der Waals surface area contributed by atoms with Crippen LogP contribution in [0, 0.1) is 5.92 Å². The summed E-state index contributed by atoms with van der Waals surface area (Å²) in [5.74, 6) is -0.320. The van der Waals surface area contributed by atoms with Crippen molar-refractivity contribution in [1.29, 1.82) is 0 Å². The fourth-order valence-electron chi connectivity index (χ4n) is 2.95. The Hall–Kier alpha value is -1.59. The van der Waals surface area contributed by atoms with E-state index in [1.54, 1.807) is 18.2 Å². The van der Waals surface area contributed by atoms with Gasteiger partial charge in [-0.15, -0.1) is 0 Å². The second-order valence-electron chi connectivity index (χ2n) is 5.92. The molecule has 2 rings (SSSR count). The lowest BCUT2D eigenvalue weighted by Gasteiger charge is -2.32. The molecule has 1 aliphatic heterocycles. The van der Waals surface area contributed by atoms with Crippen LogP contribution >= 0.6 is 11.6 Å². The van der Waals surface area contributed by atoms with Gasteiger partial charge in [0.05, 0.1) is 19.7 Å². The summed E-state index contributed by atoms with van der Waals surface area (Å²) in [6, 6.07) is 6.86. The van der Waals surface area contributed by atoms with E-state index in [0.29, 0.717) is 23.9 Å². The SMILES string of the molecule is CCOC(=O)[C@@H]1CCC[NH+]([C@@H](C)C(=O)Nc2cccc(Cl)c2)C1. The molecule has 126 valence electrons. The highest BCUT2D eigenvalue weighted by Gasteiger charge is 2.34. The van der Waals surface area contributed by atoms with Crippen LogP contribution in [-0.2, 0) is 14.3 Å². The number of ether oxygens (including phenoxy) is 1. The van der Waals surface area contributed by atoms with E-state index in [4.69, 9.17) is 16.3 Å². The summed E-state index contributed by atoms with van der Waals surface area (Å²) in [5.41, 5.74) is 0.688. The number of piperidine rings is 1. The molecule has 23 heavy (non-hydrogen) atoms. The van der Waals surface area contributed by atoms with Crippen LogP contribution in [0.5, 0.6) is 0 Å². The number of anilines is 1. The molecule has 3 atom stereocenters. The van der Waals surface area contributed by atoms with Gasteiger partial charge >= 0.3 is 5.97 Å². The maximum absolute atomic E-state index is 12.4. The van der Waals surface area contributed by atoms with Gasteiger partial charge in [-0.1, -0.05) is 17.7 Å². The van der Waals surface area contributed by atoms with Gasteiger partial charge < -0.3 is 15.0 Å². The van der Waals surface area contributed by atoms with Gasteiger partial charge in [0.1, 0.15) is 5.92 Å². The van der Waals surface area contributed by atoms with Gasteiger partial charge in [0.2, 0.25) is 0 Å². The standard InChI is InChI=1S/C17H23ClN2O3/c1-3-23-17(22)13-6-5-9-20(11-13)12(2)16(21)19-15-8-4-7-14(18)10-15/h4,7-8,10,12-13H,3,5-6,9,11H2,1-2H3,(H,19,21)/p+1/t12-,13+/m0/s1. The molecule has 6 heteroatoms. The first-order valence-electron chi connectivity index (χ1n) is 8.09. The minimum Gasteiger partial charge on any atom is -0.466 e. The third-order valence-corrected chi connectivity index (χ3v) is 4.51. The van der Waals surface area contributed by atoms with Crippen molar-refractivity contribution in [3.8, 4) is 0 Å². The molecule has 0 radical (unpaired) electrons. The second-order valence-corrected chi connectivity index (χ2v) is 6.36. The molecule has 0 spiro atoms. The summed E-state index contributed by atoms with van der Waals surface area (Å²) in [5, 5.41) is 3.47. The number of amides is 1. The molecular formula is C17H24ClN2O3+. The van der Waals surface area contributed by atoms with Crippen LogP contribution < -0.4 is 10.2 Å². The Morgan fingerprint density at radius 1 is 1.48 bits per heavy atom. The van der Waals surface area contributed by atoms with Gasteiger partial charge in [-0.25, -0.2) is 0 Å². The van der Waals surface area contributed by atoms with Crippen LogP contribution in [0.3, 0.4) is 0 Å². The van der Waals surface area contributed by atoms with E-state index >= 15 is 0 Å². The Kier molecular flexibility index (Phi) is 6.42. The molecule has 1 aromatic rings. The number of benzene rings is 1. The van der Waals surface area contributed by atoms with Crippen molar-refractivity contribution in [3.63, 3.8) is 0 Å². The van der Waals surface area contributed by atoms with E-state index in [0.717, 1.165) is 24.3 Å². The van der Waals surface area contributed by atoms with Crippen LogP contribution in [0.15, 0.2) is 24.3 Å². The lowest BCUT2D eigenvalue weighted by molar-refractivity contribution is -0.921. The van der Waals surface area contributed by atoms with Crippen molar-refractivity contribution in [2.45, 2.75) is 32.7 Å². The van der Waals surface area contributed by atoms with Crippen molar-refractivity contribution in [3.05, 3.63) is 29.3 Å². The molecule has 0 saturated carbocycles. The van der Waals surface area contributed by atoms with Gasteiger partial charge in [-0.2, -0.15) is 0 Å². The molecule has 5 nitrogen and oxygen atoms in total. The second kappa shape index (κ2) is 8.31. The van der Waals surface area contributed by atoms with E-state index < -0.39 is 0 Å². The molecule has 0 aliphatic carbocycles. The van der Waals surface area contributed by atoms with Crippen molar-refractivity contribution in [2.75, 3.05) is 25.0 Å². The van der Waals surface area contributed by atoms with Crippen LogP contribution in [-0.4, -0.2) is 37.6 Å². The summed E-state index contributed by atoms with van der Waals surface area (Å²) in [4.78, 5) is 25.5. The van der Waals surface area contributed by atoms with E-state index in [2.05, 4.69) is 5.32 Å². The summed E-state index contributed by atoms with van der Waals surface area (Å²) in [6.45, 7) is 5.63. The molecular weight excluding hydrogens is 316 g/mol. The number of carbonyl (C=O) groups is 2. The number of likely N-dealkylation sites (tertiary alicyclic amines) is 1. The van der Waals surface area contributed by atoms with Crippen LogP contribution in [0.25, 0.3) is 0 Å². The Labute approximate surface area is 141 Å². The van der Waals surface area contributed by atoms with Crippen molar-refractivity contribution in [2.24, 2.45) is 5.92 Å². The number of quaternary nitrogens is 1. The summed E-state index contributed by atoms with van der Waals surface area (Å²) < 4.78 is 5.11. The van der Waals surface area contributed by atoms with E-state index in [-0.39, 0.29) is 23.8 Å². The zero-order valence-electron chi connectivity index (χ0n) is 13.6. The Morgan fingerprint density at radius 3 is 2.96 bits per heavy atom. The highest BCUT2D eigenvalue weighted by molar-refractivity contribution is 6.30. The van der Waals surface area contributed by atoms with Gasteiger partial charge in [0.25, 0.3) is 5.91 Å². The molecule has 0 bridgehead atoms. The molecule has 1 aliphatic rings. The highest BCUT2D eigenvalue weighted by Crippen LogP contribution is 2.15. The van der Waals surface area contributed by atoms with E-state index in [1.165, 1.54) is 0 Å². The monoisotopic (exact) mass is 339 g/mol. The molecule has 1 fully saturated rings. The van der Waals surface area contributed by atoms with Gasteiger partial charge in [0.15, 0.2) is 6.04 Å². The smallest absolute Gasteiger partial charge is 0.314 e.